The molecule has 0 aromatic heterocycles. The molecule has 4 atom stereocenters. The van der Waals surface area contributed by atoms with E-state index in [1.807, 2.05) is 43.3 Å². The van der Waals surface area contributed by atoms with E-state index in [4.69, 9.17) is 11.5 Å². The van der Waals surface area contributed by atoms with E-state index in [0.717, 1.165) is 11.3 Å². The number of phenolic OH excluding ortho intramolecular Hbond substituents is 1. The average molecular weight is 563 g/mol. The van der Waals surface area contributed by atoms with Crippen LogP contribution in [0.5, 0.6) is 5.75 Å². The number of allylic oxidation sites excluding steroid dienone is 1. The zero-order valence-electron chi connectivity index (χ0n) is 23.3. The van der Waals surface area contributed by atoms with Gasteiger partial charge < -0.3 is 36.8 Å². The summed E-state index contributed by atoms with van der Waals surface area (Å²) < 4.78 is 0. The lowest BCUT2D eigenvalue weighted by Gasteiger charge is -2.50. The predicted octanol–water partition coefficient (Wildman–Crippen LogP) is 1.31. The van der Waals surface area contributed by atoms with Gasteiger partial charge in [0, 0.05) is 43.4 Å². The van der Waals surface area contributed by atoms with Crippen molar-refractivity contribution in [1.29, 1.82) is 0 Å². The lowest BCUT2D eigenvalue weighted by atomic mass is 9.58. The van der Waals surface area contributed by atoms with Crippen LogP contribution in [0.3, 0.4) is 0 Å². The Labute approximate surface area is 237 Å². The minimum Gasteiger partial charge on any atom is -0.510 e. The van der Waals surface area contributed by atoms with Gasteiger partial charge in [-0.1, -0.05) is 12.1 Å². The highest BCUT2D eigenvalue weighted by Gasteiger charge is 2.63. The number of hydrogen-bond donors (Lipinski definition) is 6. The number of ketones is 2. The number of anilines is 1. The first kappa shape index (κ1) is 28.3. The van der Waals surface area contributed by atoms with Crippen LogP contribution in [0.25, 0.3) is 11.1 Å². The molecule has 0 saturated carbocycles. The van der Waals surface area contributed by atoms with Crippen molar-refractivity contribution >= 4 is 23.2 Å². The van der Waals surface area contributed by atoms with Gasteiger partial charge in [-0.25, -0.2) is 0 Å². The fourth-order valence-electron chi connectivity index (χ4n) is 6.73. The number of likely N-dealkylation sites (N-methyl/N-ethyl adjacent to an activating group) is 1. The third-order valence-electron chi connectivity index (χ3n) is 8.72. The number of nitrogens with zero attached hydrogens (tertiary/aromatic N) is 2. The van der Waals surface area contributed by atoms with Crippen molar-refractivity contribution in [1.82, 2.24) is 4.90 Å². The van der Waals surface area contributed by atoms with Crippen LogP contribution in [0.2, 0.25) is 0 Å². The Kier molecular flexibility index (Phi) is 6.72. The van der Waals surface area contributed by atoms with Crippen molar-refractivity contribution in [3.63, 3.8) is 0 Å². The van der Waals surface area contributed by atoms with E-state index in [2.05, 4.69) is 0 Å². The number of amides is 1. The first-order valence-corrected chi connectivity index (χ1v) is 13.3. The molecule has 0 unspecified atom stereocenters. The number of aromatic hydroxyl groups is 1. The summed E-state index contributed by atoms with van der Waals surface area (Å²) in [6.07, 6.45) is 0.210. The average Bonchev–Trinajstić information content (AvgIpc) is 2.90. The molecule has 8 N–H and O–H groups in total. The minimum absolute atomic E-state index is 0.0180. The summed E-state index contributed by atoms with van der Waals surface area (Å²) in [5.41, 5.74) is 10.9. The summed E-state index contributed by atoms with van der Waals surface area (Å²) in [4.78, 5) is 43.2. The van der Waals surface area contributed by atoms with Crippen LogP contribution in [0.1, 0.15) is 27.9 Å². The third kappa shape index (κ3) is 3.95. The normalized spacial score (nSPS) is 25.7. The fraction of sp³-hybridized carbons (Fsp3) is 0.367. The van der Waals surface area contributed by atoms with Crippen LogP contribution in [0, 0.1) is 11.8 Å². The van der Waals surface area contributed by atoms with Crippen LogP contribution < -0.4 is 16.4 Å². The van der Waals surface area contributed by atoms with Gasteiger partial charge in [0.1, 0.15) is 22.8 Å². The van der Waals surface area contributed by atoms with E-state index < -0.39 is 58.0 Å². The Bertz CT molecular complexity index is 1560. The summed E-state index contributed by atoms with van der Waals surface area (Å²) in [5, 5.41) is 45.3. The molecule has 1 amide bonds. The number of phenols is 1. The number of hydrogen-bond acceptors (Lipinski definition) is 10. The molecule has 41 heavy (non-hydrogen) atoms. The molecule has 0 aliphatic heterocycles. The Balaban J connectivity index is 1.73. The number of Topliss-reactive ketones (excluding diaryl/α,β-unsaturated/α-hetero) is 2. The van der Waals surface area contributed by atoms with Crippen molar-refractivity contribution in [3.05, 3.63) is 69.7 Å². The largest absolute Gasteiger partial charge is 0.510 e. The van der Waals surface area contributed by atoms with Gasteiger partial charge in [0.2, 0.25) is 5.78 Å². The van der Waals surface area contributed by atoms with E-state index in [-0.39, 0.29) is 36.3 Å². The highest BCUT2D eigenvalue weighted by Crippen LogP contribution is 2.53. The van der Waals surface area contributed by atoms with E-state index in [1.165, 1.54) is 4.90 Å². The number of carbonyl (C=O) groups is 3. The van der Waals surface area contributed by atoms with E-state index in [0.29, 0.717) is 16.7 Å². The molecular formula is C30H34N4O7. The SMILES string of the molecule is CN(C)c1ccc(-c2cc(CN)c(O)c3c2C[C@@H]2C[C@@H]4[C@@H](N(C)C)C(O)=C(C(N)=O)C(=O)[C@@]4(O)C(O)=C2C3=O)cc1. The maximum absolute atomic E-state index is 14.1. The smallest absolute Gasteiger partial charge is 0.255 e. The predicted molar refractivity (Wildman–Crippen MR) is 151 cm³/mol. The summed E-state index contributed by atoms with van der Waals surface area (Å²) in [7, 11) is 7.03. The highest BCUT2D eigenvalue weighted by atomic mass is 16.3. The van der Waals surface area contributed by atoms with Gasteiger partial charge in [-0.05, 0) is 67.7 Å². The van der Waals surface area contributed by atoms with Crippen LogP contribution >= 0.6 is 0 Å². The number of rotatable bonds is 5. The van der Waals surface area contributed by atoms with Crippen LogP contribution in [-0.4, -0.2) is 82.6 Å². The molecule has 3 aliphatic rings. The monoisotopic (exact) mass is 562 g/mol. The van der Waals surface area contributed by atoms with E-state index in [1.54, 1.807) is 20.2 Å². The Morgan fingerprint density at radius 3 is 2.24 bits per heavy atom. The quantitative estimate of drug-likeness (QED) is 0.290. The van der Waals surface area contributed by atoms with Gasteiger partial charge in [-0.3, -0.25) is 19.3 Å². The molecule has 3 aliphatic carbocycles. The number of aliphatic hydroxyl groups excluding tert-OH is 2. The topological polar surface area (TPSA) is 191 Å². The van der Waals surface area contributed by atoms with Crippen LogP contribution in [-0.2, 0) is 22.6 Å². The van der Waals surface area contributed by atoms with Crippen molar-refractivity contribution < 1.29 is 34.8 Å². The van der Waals surface area contributed by atoms with Crippen LogP contribution in [0.4, 0.5) is 5.69 Å². The minimum atomic E-state index is -2.68. The van der Waals surface area contributed by atoms with Gasteiger partial charge in [0.25, 0.3) is 5.91 Å². The molecular weight excluding hydrogens is 528 g/mol. The molecule has 11 heteroatoms. The molecule has 0 bridgehead atoms. The second-order valence-corrected chi connectivity index (χ2v) is 11.4. The maximum Gasteiger partial charge on any atom is 0.255 e. The molecule has 0 fully saturated rings. The zero-order chi connectivity index (χ0) is 30.1. The molecule has 11 nitrogen and oxygen atoms in total. The van der Waals surface area contributed by atoms with E-state index in [9.17, 15) is 34.8 Å². The van der Waals surface area contributed by atoms with Crippen molar-refractivity contribution in [3.8, 4) is 16.9 Å². The number of nitrogens with two attached hydrogens (primary N) is 2. The molecule has 2 aromatic carbocycles. The Morgan fingerprint density at radius 1 is 1.07 bits per heavy atom. The fourth-order valence-corrected chi connectivity index (χ4v) is 6.73. The number of benzene rings is 2. The zero-order valence-corrected chi connectivity index (χ0v) is 23.3. The first-order chi connectivity index (χ1) is 19.2. The molecule has 0 radical (unpaired) electrons. The Hall–Kier alpha value is -4.19. The second-order valence-electron chi connectivity index (χ2n) is 11.4. The number of aliphatic hydroxyl groups is 3. The van der Waals surface area contributed by atoms with Crippen molar-refractivity contribution in [2.75, 3.05) is 33.1 Å². The second kappa shape index (κ2) is 9.72. The third-order valence-corrected chi connectivity index (χ3v) is 8.72. The lowest BCUT2D eigenvalue weighted by Crippen LogP contribution is -2.63. The number of primary amides is 1. The Morgan fingerprint density at radius 2 is 1.71 bits per heavy atom. The van der Waals surface area contributed by atoms with Crippen LogP contribution in [0.15, 0.2) is 53.0 Å². The molecule has 2 aromatic rings. The summed E-state index contributed by atoms with van der Waals surface area (Å²) in [5.74, 6) is -6.85. The van der Waals surface area contributed by atoms with Gasteiger partial charge >= 0.3 is 0 Å². The van der Waals surface area contributed by atoms with Gasteiger partial charge in [-0.15, -0.1) is 0 Å². The van der Waals surface area contributed by atoms with Crippen molar-refractivity contribution in [2.45, 2.75) is 31.0 Å². The highest BCUT2D eigenvalue weighted by molar-refractivity contribution is 6.25. The molecule has 0 heterocycles. The molecule has 0 spiro atoms. The standard InChI is InChI=1S/C30H34N4O7/c1-33(2)16-7-5-13(6-8-16)17-10-15(12-31)24(35)21-18(17)9-14-11-19-23(34(3)4)26(37)22(29(32)40)28(39)30(19,41)27(38)20(14)25(21)36/h5-8,10,14,19,23,35,37-38,41H,9,11-12,31H2,1-4H3,(H2,32,40)/t14-,19-,23-,30+/m1/s1. The first-order valence-electron chi connectivity index (χ1n) is 13.3. The number of fused-ring (bicyclic) bond motifs is 3. The summed E-state index contributed by atoms with van der Waals surface area (Å²) in [6, 6.07) is 8.38. The number of carbonyl (C=O) groups excluding carboxylic acids is 3. The maximum atomic E-state index is 14.1. The van der Waals surface area contributed by atoms with E-state index >= 15 is 0 Å². The summed E-state index contributed by atoms with van der Waals surface area (Å²) in [6.45, 7) is -0.0648. The van der Waals surface area contributed by atoms with Gasteiger partial charge in [0.15, 0.2) is 11.4 Å². The molecule has 0 saturated heterocycles. The summed E-state index contributed by atoms with van der Waals surface area (Å²) >= 11 is 0. The molecule has 5 rings (SSSR count). The molecule has 216 valence electrons. The lowest BCUT2D eigenvalue weighted by molar-refractivity contribution is -0.148. The van der Waals surface area contributed by atoms with Crippen molar-refractivity contribution in [2.24, 2.45) is 23.3 Å². The van der Waals surface area contributed by atoms with Gasteiger partial charge in [-0.2, -0.15) is 0 Å². The van der Waals surface area contributed by atoms with Gasteiger partial charge in [0.05, 0.1) is 11.6 Å².